The van der Waals surface area contributed by atoms with Gasteiger partial charge in [-0.05, 0) is 66.4 Å². The van der Waals surface area contributed by atoms with E-state index in [1.165, 1.54) is 21.9 Å². The first-order chi connectivity index (χ1) is 17.5. The number of pyridine rings is 1. The monoisotopic (exact) mass is 486 g/mol. The lowest BCUT2D eigenvalue weighted by Gasteiger charge is -2.32. The van der Waals surface area contributed by atoms with Crippen LogP contribution in [-0.2, 0) is 22.7 Å². The third-order valence-electron chi connectivity index (χ3n) is 7.81. The number of imide groups is 1. The summed E-state index contributed by atoms with van der Waals surface area (Å²) in [7, 11) is 0. The quantitative estimate of drug-likeness (QED) is 0.571. The second-order valence-corrected chi connectivity index (χ2v) is 10.0. The molecule has 3 aliphatic heterocycles. The molecule has 1 aromatic heterocycles. The van der Waals surface area contributed by atoms with Crippen molar-refractivity contribution in [2.24, 2.45) is 0 Å². The second kappa shape index (κ2) is 9.09. The molecule has 4 heterocycles. The summed E-state index contributed by atoms with van der Waals surface area (Å²) in [5.41, 5.74) is 2.92. The zero-order chi connectivity index (χ0) is 24.8. The first kappa shape index (κ1) is 22.8. The Labute approximate surface area is 208 Å². The molecule has 184 valence electrons. The van der Waals surface area contributed by atoms with E-state index in [4.69, 9.17) is 0 Å². The van der Waals surface area contributed by atoms with Crippen LogP contribution in [0.1, 0.15) is 58.6 Å². The minimum absolute atomic E-state index is 0.0805. The molecule has 2 saturated heterocycles. The number of nitrogens with zero attached hydrogens (tertiary/aromatic N) is 3. The van der Waals surface area contributed by atoms with Crippen molar-refractivity contribution in [3.63, 3.8) is 0 Å². The van der Waals surface area contributed by atoms with Gasteiger partial charge in [0.1, 0.15) is 11.9 Å². The Hall–Kier alpha value is -3.65. The van der Waals surface area contributed by atoms with E-state index in [-0.39, 0.29) is 36.5 Å². The summed E-state index contributed by atoms with van der Waals surface area (Å²) in [6, 6.07) is 10.7. The molecule has 6 rings (SSSR count). The number of rotatable bonds is 4. The lowest BCUT2D eigenvalue weighted by molar-refractivity contribution is -0.136. The van der Waals surface area contributed by atoms with Crippen molar-refractivity contribution in [3.05, 3.63) is 76.9 Å². The molecule has 3 aliphatic rings. The number of fused-ring (bicyclic) bond motifs is 2. The van der Waals surface area contributed by atoms with Gasteiger partial charge in [0.2, 0.25) is 11.8 Å². The standard InChI is InChI=1S/C28H27FN4O3/c29-24-12-23-19(16-33(28(23)36)25-5-6-26(34)31-27(25)35)11-22(24)17-7-9-32(10-8-17)15-20-14-30-13-18-3-1-2-4-21(18)20/h1-4,11-14,17,25H,5-10,15-16H2,(H,31,34,35). The Kier molecular flexibility index (Phi) is 5.76. The molecule has 0 bridgehead atoms. The zero-order valence-corrected chi connectivity index (χ0v) is 19.9. The molecule has 0 radical (unpaired) electrons. The fourth-order valence-electron chi connectivity index (χ4n) is 5.87. The van der Waals surface area contributed by atoms with Crippen LogP contribution < -0.4 is 5.32 Å². The van der Waals surface area contributed by atoms with E-state index in [1.54, 1.807) is 0 Å². The summed E-state index contributed by atoms with van der Waals surface area (Å²) >= 11 is 0. The predicted octanol–water partition coefficient (Wildman–Crippen LogP) is 3.51. The van der Waals surface area contributed by atoms with Gasteiger partial charge in [0.25, 0.3) is 5.91 Å². The van der Waals surface area contributed by atoms with Crippen molar-refractivity contribution >= 4 is 28.5 Å². The summed E-state index contributed by atoms with van der Waals surface area (Å²) < 4.78 is 15.2. The molecule has 3 aromatic rings. The summed E-state index contributed by atoms with van der Waals surface area (Å²) in [5, 5.41) is 4.65. The van der Waals surface area contributed by atoms with Crippen LogP contribution in [0, 0.1) is 5.82 Å². The van der Waals surface area contributed by atoms with Gasteiger partial charge in [0, 0.05) is 42.9 Å². The van der Waals surface area contributed by atoms with Crippen molar-refractivity contribution < 1.29 is 18.8 Å². The third kappa shape index (κ3) is 4.05. The zero-order valence-electron chi connectivity index (χ0n) is 19.9. The van der Waals surface area contributed by atoms with E-state index in [2.05, 4.69) is 27.3 Å². The number of aromatic nitrogens is 1. The van der Waals surface area contributed by atoms with E-state index in [9.17, 15) is 14.4 Å². The first-order valence-corrected chi connectivity index (χ1v) is 12.5. The van der Waals surface area contributed by atoms with E-state index in [0.29, 0.717) is 17.5 Å². The number of nitrogens with one attached hydrogen (secondary N) is 1. The van der Waals surface area contributed by atoms with Gasteiger partial charge in [-0.2, -0.15) is 0 Å². The predicted molar refractivity (Wildman–Crippen MR) is 131 cm³/mol. The normalized spacial score (nSPS) is 21.2. The molecule has 8 heteroatoms. The summed E-state index contributed by atoms with van der Waals surface area (Å²) in [4.78, 5) is 45.0. The van der Waals surface area contributed by atoms with Crippen LogP contribution in [0.15, 0.2) is 48.8 Å². The number of halogens is 1. The van der Waals surface area contributed by atoms with E-state index in [1.807, 2.05) is 30.6 Å². The maximum Gasteiger partial charge on any atom is 0.255 e. The molecule has 36 heavy (non-hydrogen) atoms. The number of carbonyl (C=O) groups excluding carboxylic acids is 3. The number of likely N-dealkylation sites (tertiary alicyclic amines) is 1. The van der Waals surface area contributed by atoms with E-state index in [0.717, 1.165) is 43.4 Å². The highest BCUT2D eigenvalue weighted by Gasteiger charge is 2.40. The highest BCUT2D eigenvalue weighted by molar-refractivity contribution is 6.05. The SMILES string of the molecule is O=C1CCC(N2Cc3cc(C4CCN(Cc5cncc6ccccc56)CC4)c(F)cc3C2=O)C(=O)N1. The van der Waals surface area contributed by atoms with Crippen molar-refractivity contribution in [3.8, 4) is 0 Å². The van der Waals surface area contributed by atoms with Gasteiger partial charge in [-0.3, -0.25) is 29.6 Å². The van der Waals surface area contributed by atoms with Crippen LogP contribution >= 0.6 is 0 Å². The minimum atomic E-state index is -0.694. The highest BCUT2D eigenvalue weighted by atomic mass is 19.1. The first-order valence-electron chi connectivity index (χ1n) is 12.5. The molecule has 0 spiro atoms. The van der Waals surface area contributed by atoms with Crippen molar-refractivity contribution in [2.75, 3.05) is 13.1 Å². The van der Waals surface area contributed by atoms with Crippen molar-refractivity contribution in [1.82, 2.24) is 20.1 Å². The van der Waals surface area contributed by atoms with Gasteiger partial charge in [0.15, 0.2) is 0 Å². The van der Waals surface area contributed by atoms with Gasteiger partial charge >= 0.3 is 0 Å². The molecule has 1 N–H and O–H groups in total. The minimum Gasteiger partial charge on any atom is -0.322 e. The fraction of sp³-hybridized carbons (Fsp3) is 0.357. The summed E-state index contributed by atoms with van der Waals surface area (Å²) in [6.45, 7) is 2.78. The van der Waals surface area contributed by atoms with E-state index < -0.39 is 11.9 Å². The molecular weight excluding hydrogens is 459 g/mol. The molecule has 1 atom stereocenters. The molecule has 1 unspecified atom stereocenters. The Morgan fingerprint density at radius 3 is 2.64 bits per heavy atom. The Morgan fingerprint density at radius 2 is 1.83 bits per heavy atom. The van der Waals surface area contributed by atoms with Gasteiger partial charge in [-0.25, -0.2) is 4.39 Å². The topological polar surface area (TPSA) is 82.6 Å². The van der Waals surface area contributed by atoms with Crippen molar-refractivity contribution in [2.45, 2.75) is 50.7 Å². The number of hydrogen-bond donors (Lipinski definition) is 1. The lowest BCUT2D eigenvalue weighted by atomic mass is 9.87. The van der Waals surface area contributed by atoms with Crippen LogP contribution in [0.2, 0.25) is 0 Å². The Balaban J connectivity index is 1.15. The average molecular weight is 487 g/mol. The number of benzene rings is 2. The molecule has 3 amide bonds. The summed E-state index contributed by atoms with van der Waals surface area (Å²) in [6.07, 6.45) is 5.97. The van der Waals surface area contributed by atoms with Crippen LogP contribution in [0.3, 0.4) is 0 Å². The molecule has 0 aliphatic carbocycles. The van der Waals surface area contributed by atoms with Crippen molar-refractivity contribution in [1.29, 1.82) is 0 Å². The van der Waals surface area contributed by atoms with Crippen LogP contribution in [0.5, 0.6) is 0 Å². The second-order valence-electron chi connectivity index (χ2n) is 10.0. The van der Waals surface area contributed by atoms with Crippen LogP contribution in [0.25, 0.3) is 10.8 Å². The van der Waals surface area contributed by atoms with Gasteiger partial charge in [-0.15, -0.1) is 0 Å². The maximum atomic E-state index is 15.2. The van der Waals surface area contributed by atoms with Gasteiger partial charge in [0.05, 0.1) is 0 Å². The van der Waals surface area contributed by atoms with Gasteiger partial charge < -0.3 is 4.90 Å². The van der Waals surface area contributed by atoms with E-state index >= 15 is 4.39 Å². The fourth-order valence-corrected chi connectivity index (χ4v) is 5.87. The molecule has 0 saturated carbocycles. The average Bonchev–Trinajstić information content (AvgIpc) is 3.19. The molecule has 2 aromatic carbocycles. The van der Waals surface area contributed by atoms with Gasteiger partial charge in [-0.1, -0.05) is 30.3 Å². The third-order valence-corrected chi connectivity index (χ3v) is 7.81. The molecule has 2 fully saturated rings. The largest absolute Gasteiger partial charge is 0.322 e. The number of hydrogen-bond acceptors (Lipinski definition) is 5. The smallest absolute Gasteiger partial charge is 0.255 e. The number of carbonyl (C=O) groups is 3. The van der Waals surface area contributed by atoms with Crippen LogP contribution in [-0.4, -0.2) is 51.6 Å². The maximum absolute atomic E-state index is 15.2. The Morgan fingerprint density at radius 1 is 1.03 bits per heavy atom. The number of amides is 3. The highest BCUT2D eigenvalue weighted by Crippen LogP contribution is 2.36. The molecular formula is C28H27FN4O3. The molecule has 7 nitrogen and oxygen atoms in total. The lowest BCUT2D eigenvalue weighted by Crippen LogP contribution is -2.52. The van der Waals surface area contributed by atoms with Crippen LogP contribution in [0.4, 0.5) is 4.39 Å². The number of piperidine rings is 2. The summed E-state index contributed by atoms with van der Waals surface area (Å²) in [5.74, 6) is -1.40. The Bertz CT molecular complexity index is 1380.